The van der Waals surface area contributed by atoms with E-state index < -0.39 is 0 Å². The van der Waals surface area contributed by atoms with E-state index in [1.165, 1.54) is 10.8 Å². The van der Waals surface area contributed by atoms with E-state index >= 15 is 0 Å². The molecule has 0 atom stereocenters. The molecule has 0 spiro atoms. The van der Waals surface area contributed by atoms with Crippen LogP contribution in [0.1, 0.15) is 25.1 Å². The molecule has 112 valence electrons. The highest BCUT2D eigenvalue weighted by atomic mass is 32.1. The minimum absolute atomic E-state index is 0.0125. The monoisotopic (exact) mass is 306 g/mol. The first-order valence-electron chi connectivity index (χ1n) is 6.85. The van der Waals surface area contributed by atoms with Crippen LogP contribution in [0.4, 0.5) is 5.69 Å². The topological polar surface area (TPSA) is 63.8 Å². The van der Waals surface area contributed by atoms with Gasteiger partial charge in [0.05, 0.1) is 18.5 Å². The van der Waals surface area contributed by atoms with Crippen LogP contribution in [-0.4, -0.2) is 22.5 Å². The molecule has 0 saturated carbocycles. The summed E-state index contributed by atoms with van der Waals surface area (Å²) in [5, 5.41) is 9.99. The molecular formula is C15H18N2O3S. The van der Waals surface area contributed by atoms with Gasteiger partial charge in [-0.05, 0) is 37.6 Å². The summed E-state index contributed by atoms with van der Waals surface area (Å²) < 4.78 is 6.72. The number of benzene rings is 1. The maximum atomic E-state index is 11.7. The minimum atomic E-state index is -0.164. The molecule has 0 bridgehead atoms. The first kappa shape index (κ1) is 15.3. The van der Waals surface area contributed by atoms with Crippen molar-refractivity contribution in [3.8, 4) is 11.6 Å². The van der Waals surface area contributed by atoms with Crippen molar-refractivity contribution in [2.45, 2.75) is 26.8 Å². The van der Waals surface area contributed by atoms with E-state index in [1.807, 2.05) is 38.1 Å². The molecule has 1 aromatic heterocycles. The van der Waals surface area contributed by atoms with Crippen molar-refractivity contribution in [3.63, 3.8) is 0 Å². The number of thiazole rings is 1. The second-order valence-corrected chi connectivity index (χ2v) is 5.39. The van der Waals surface area contributed by atoms with Crippen molar-refractivity contribution < 1.29 is 9.84 Å². The first-order chi connectivity index (χ1) is 10.2. The third kappa shape index (κ3) is 3.72. The predicted molar refractivity (Wildman–Crippen MR) is 85.4 cm³/mol. The molecule has 2 rings (SSSR count). The third-order valence-electron chi connectivity index (χ3n) is 2.82. The van der Waals surface area contributed by atoms with Crippen molar-refractivity contribution in [1.82, 2.24) is 4.57 Å². The summed E-state index contributed by atoms with van der Waals surface area (Å²) in [6.07, 6.45) is 2.31. The molecule has 6 heteroatoms. The van der Waals surface area contributed by atoms with Gasteiger partial charge in [-0.25, -0.2) is 0 Å². The van der Waals surface area contributed by atoms with Crippen LogP contribution in [0.2, 0.25) is 0 Å². The van der Waals surface area contributed by atoms with E-state index in [-0.39, 0.29) is 10.8 Å². The number of ether oxygens (including phenoxy) is 1. The lowest BCUT2D eigenvalue weighted by Crippen LogP contribution is -2.11. The number of hydrogen-bond donors (Lipinski definition) is 1. The molecule has 0 saturated heterocycles. The van der Waals surface area contributed by atoms with Crippen LogP contribution in [0.25, 0.3) is 0 Å². The molecule has 0 amide bonds. The summed E-state index contributed by atoms with van der Waals surface area (Å²) in [6.45, 7) is 5.02. The second kappa shape index (κ2) is 7.08. The zero-order chi connectivity index (χ0) is 15.2. The minimum Gasteiger partial charge on any atom is -0.494 e. The van der Waals surface area contributed by atoms with Crippen molar-refractivity contribution in [3.05, 3.63) is 38.8 Å². The van der Waals surface area contributed by atoms with Gasteiger partial charge < -0.3 is 9.84 Å². The van der Waals surface area contributed by atoms with Gasteiger partial charge in [0.2, 0.25) is 5.88 Å². The Balaban J connectivity index is 2.17. The zero-order valence-electron chi connectivity index (χ0n) is 12.1. The van der Waals surface area contributed by atoms with Crippen LogP contribution in [-0.2, 0) is 6.54 Å². The molecule has 0 aliphatic carbocycles. The van der Waals surface area contributed by atoms with Gasteiger partial charge in [0.1, 0.15) is 10.6 Å². The number of aromatic hydroxyl groups is 1. The maximum absolute atomic E-state index is 11.7. The molecular weight excluding hydrogens is 288 g/mol. The summed E-state index contributed by atoms with van der Waals surface area (Å²) in [4.78, 5) is 16.3. The van der Waals surface area contributed by atoms with E-state index in [9.17, 15) is 9.90 Å². The van der Waals surface area contributed by atoms with Crippen LogP contribution in [0, 0.1) is 0 Å². The fraction of sp³-hybridized carbons (Fsp3) is 0.333. The van der Waals surface area contributed by atoms with Crippen molar-refractivity contribution in [1.29, 1.82) is 0 Å². The highest BCUT2D eigenvalue weighted by Gasteiger charge is 2.11. The third-order valence-corrected chi connectivity index (χ3v) is 3.72. The Morgan fingerprint density at radius 3 is 2.67 bits per heavy atom. The number of nitrogens with zero attached hydrogens (tertiary/aromatic N) is 2. The summed E-state index contributed by atoms with van der Waals surface area (Å²) in [5.41, 5.74) is 0.737. The molecule has 2 aromatic rings. The smallest absolute Gasteiger partial charge is 0.310 e. The lowest BCUT2D eigenvalue weighted by Gasteiger charge is -2.02. The van der Waals surface area contributed by atoms with Crippen molar-refractivity contribution >= 4 is 23.2 Å². The molecule has 0 radical (unpaired) electrons. The number of aliphatic imine (C=N–C) groups is 1. The Labute approximate surface area is 127 Å². The fourth-order valence-electron chi connectivity index (χ4n) is 1.85. The maximum Gasteiger partial charge on any atom is 0.310 e. The van der Waals surface area contributed by atoms with Gasteiger partial charge in [-0.1, -0.05) is 18.3 Å². The molecule has 0 aliphatic rings. The quantitative estimate of drug-likeness (QED) is 0.834. The lowest BCUT2D eigenvalue weighted by molar-refractivity contribution is 0.340. The van der Waals surface area contributed by atoms with Gasteiger partial charge in [-0.3, -0.25) is 14.4 Å². The molecule has 21 heavy (non-hydrogen) atoms. The van der Waals surface area contributed by atoms with Crippen molar-refractivity contribution in [2.75, 3.05) is 6.61 Å². The summed E-state index contributed by atoms with van der Waals surface area (Å²) >= 11 is 0.995. The van der Waals surface area contributed by atoms with E-state index in [0.717, 1.165) is 29.2 Å². The predicted octanol–water partition coefficient (Wildman–Crippen LogP) is 3.17. The molecule has 1 heterocycles. The van der Waals surface area contributed by atoms with Gasteiger partial charge in [0, 0.05) is 6.54 Å². The van der Waals surface area contributed by atoms with Gasteiger partial charge in [-0.15, -0.1) is 0 Å². The number of aromatic nitrogens is 1. The Hall–Kier alpha value is -2.08. The Kier molecular flexibility index (Phi) is 5.16. The van der Waals surface area contributed by atoms with Crippen LogP contribution in [0.15, 0.2) is 34.1 Å². The van der Waals surface area contributed by atoms with E-state index in [1.54, 1.807) is 0 Å². The average molecular weight is 306 g/mol. The first-order valence-corrected chi connectivity index (χ1v) is 7.66. The van der Waals surface area contributed by atoms with Gasteiger partial charge >= 0.3 is 4.87 Å². The molecule has 0 unspecified atom stereocenters. The summed E-state index contributed by atoms with van der Waals surface area (Å²) in [5.74, 6) is 0.777. The highest BCUT2D eigenvalue weighted by Crippen LogP contribution is 2.21. The van der Waals surface area contributed by atoms with E-state index in [2.05, 4.69) is 4.99 Å². The molecule has 1 aromatic carbocycles. The molecule has 1 N–H and O–H groups in total. The largest absolute Gasteiger partial charge is 0.494 e. The van der Waals surface area contributed by atoms with Gasteiger partial charge in [0.15, 0.2) is 0 Å². The van der Waals surface area contributed by atoms with Gasteiger partial charge in [0.25, 0.3) is 0 Å². The van der Waals surface area contributed by atoms with Crippen LogP contribution >= 0.6 is 11.3 Å². The van der Waals surface area contributed by atoms with Gasteiger partial charge in [-0.2, -0.15) is 0 Å². The standard InChI is InChI=1S/C15H18N2O3S/c1-3-9-17-14(18)13(21-15(17)19)10-16-11-5-7-12(8-6-11)20-4-2/h5-8,10,18H,3-4,9H2,1-2H3. The highest BCUT2D eigenvalue weighted by molar-refractivity contribution is 7.11. The second-order valence-electron chi connectivity index (χ2n) is 4.39. The summed E-state index contributed by atoms with van der Waals surface area (Å²) in [6, 6.07) is 7.32. The molecule has 0 fully saturated rings. The average Bonchev–Trinajstić information content (AvgIpc) is 2.75. The Bertz CT molecular complexity index is 671. The number of rotatable bonds is 6. The van der Waals surface area contributed by atoms with Crippen LogP contribution in [0.5, 0.6) is 11.6 Å². The zero-order valence-corrected chi connectivity index (χ0v) is 12.9. The molecule has 5 nitrogen and oxygen atoms in total. The molecule has 0 aliphatic heterocycles. The van der Waals surface area contributed by atoms with Crippen LogP contribution < -0.4 is 9.61 Å². The number of hydrogen-bond acceptors (Lipinski definition) is 5. The van der Waals surface area contributed by atoms with E-state index in [0.29, 0.717) is 18.0 Å². The fourth-order valence-corrected chi connectivity index (χ4v) is 2.63. The normalized spacial score (nSPS) is 11.1. The SMILES string of the molecule is CCCn1c(O)c(C=Nc2ccc(OCC)cc2)sc1=O. The Morgan fingerprint density at radius 1 is 1.33 bits per heavy atom. The Morgan fingerprint density at radius 2 is 2.05 bits per heavy atom. The summed E-state index contributed by atoms with van der Waals surface area (Å²) in [7, 11) is 0. The van der Waals surface area contributed by atoms with Crippen LogP contribution in [0.3, 0.4) is 0 Å². The lowest BCUT2D eigenvalue weighted by atomic mass is 10.3. The van der Waals surface area contributed by atoms with E-state index in [4.69, 9.17) is 4.74 Å². The van der Waals surface area contributed by atoms with Crippen molar-refractivity contribution in [2.24, 2.45) is 4.99 Å².